The zero-order valence-electron chi connectivity index (χ0n) is 12.3. The van der Waals surface area contributed by atoms with Gasteiger partial charge in [0, 0.05) is 32.1 Å². The van der Waals surface area contributed by atoms with Gasteiger partial charge in [-0.3, -0.25) is 4.79 Å². The SMILES string of the molecule is CC(CC(=O)N1CCCC2CNCC21)C(C)(C)C. The Labute approximate surface area is 111 Å². The van der Waals surface area contributed by atoms with Gasteiger partial charge in [0.15, 0.2) is 0 Å². The van der Waals surface area contributed by atoms with E-state index in [2.05, 4.69) is 37.9 Å². The Bertz CT molecular complexity index is 308. The first-order chi connectivity index (χ1) is 8.39. The van der Waals surface area contributed by atoms with Crippen LogP contribution in [0.25, 0.3) is 0 Å². The fourth-order valence-electron chi connectivity index (χ4n) is 3.06. The van der Waals surface area contributed by atoms with Crippen LogP contribution in [0.5, 0.6) is 0 Å². The number of fused-ring (bicyclic) bond motifs is 1. The number of likely N-dealkylation sites (tertiary alicyclic amines) is 1. The highest BCUT2D eigenvalue weighted by atomic mass is 16.2. The van der Waals surface area contributed by atoms with Crippen molar-refractivity contribution in [2.45, 2.75) is 53.0 Å². The van der Waals surface area contributed by atoms with Crippen molar-refractivity contribution in [1.82, 2.24) is 10.2 Å². The quantitative estimate of drug-likeness (QED) is 0.817. The summed E-state index contributed by atoms with van der Waals surface area (Å²) in [5.41, 5.74) is 0.221. The van der Waals surface area contributed by atoms with Crippen LogP contribution in [0.15, 0.2) is 0 Å². The Hall–Kier alpha value is -0.570. The van der Waals surface area contributed by atoms with E-state index in [0.717, 1.165) is 19.6 Å². The van der Waals surface area contributed by atoms with E-state index >= 15 is 0 Å². The minimum Gasteiger partial charge on any atom is -0.338 e. The largest absolute Gasteiger partial charge is 0.338 e. The second-order valence-electron chi connectivity index (χ2n) is 7.19. The van der Waals surface area contributed by atoms with Crippen molar-refractivity contribution in [2.75, 3.05) is 19.6 Å². The second kappa shape index (κ2) is 5.20. The Kier molecular flexibility index (Phi) is 4.00. The van der Waals surface area contributed by atoms with Crippen LogP contribution >= 0.6 is 0 Å². The maximum Gasteiger partial charge on any atom is 0.223 e. The normalized spacial score (nSPS) is 30.1. The van der Waals surface area contributed by atoms with Gasteiger partial charge in [-0.05, 0) is 30.1 Å². The number of hydrogen-bond acceptors (Lipinski definition) is 2. The van der Waals surface area contributed by atoms with Crippen molar-refractivity contribution in [2.24, 2.45) is 17.3 Å². The summed E-state index contributed by atoms with van der Waals surface area (Å²) in [5.74, 6) is 1.52. The van der Waals surface area contributed by atoms with Crippen LogP contribution in [-0.4, -0.2) is 36.5 Å². The number of nitrogens with zero attached hydrogens (tertiary/aromatic N) is 1. The van der Waals surface area contributed by atoms with E-state index in [1.54, 1.807) is 0 Å². The number of rotatable bonds is 2. The predicted molar refractivity (Wildman–Crippen MR) is 74.3 cm³/mol. The van der Waals surface area contributed by atoms with Crippen LogP contribution in [0.3, 0.4) is 0 Å². The van der Waals surface area contributed by atoms with Crippen molar-refractivity contribution in [3.05, 3.63) is 0 Å². The van der Waals surface area contributed by atoms with Gasteiger partial charge in [0.2, 0.25) is 5.91 Å². The highest BCUT2D eigenvalue weighted by Gasteiger charge is 2.38. The Morgan fingerprint density at radius 1 is 1.39 bits per heavy atom. The lowest BCUT2D eigenvalue weighted by molar-refractivity contribution is -0.137. The van der Waals surface area contributed by atoms with Crippen LogP contribution in [0, 0.1) is 17.3 Å². The molecule has 3 nitrogen and oxygen atoms in total. The van der Waals surface area contributed by atoms with Crippen LogP contribution in [-0.2, 0) is 4.79 Å². The Morgan fingerprint density at radius 2 is 2.11 bits per heavy atom. The van der Waals surface area contributed by atoms with Crippen molar-refractivity contribution in [3.63, 3.8) is 0 Å². The zero-order chi connectivity index (χ0) is 13.3. The first-order valence-electron chi connectivity index (χ1n) is 7.40. The van der Waals surface area contributed by atoms with Gasteiger partial charge in [-0.2, -0.15) is 0 Å². The lowest BCUT2D eigenvalue weighted by atomic mass is 9.79. The van der Waals surface area contributed by atoms with Gasteiger partial charge in [0.05, 0.1) is 0 Å². The third-order valence-electron chi connectivity index (χ3n) is 4.96. The molecule has 2 aliphatic rings. The maximum absolute atomic E-state index is 12.5. The van der Waals surface area contributed by atoms with Crippen molar-refractivity contribution >= 4 is 5.91 Å². The van der Waals surface area contributed by atoms with E-state index in [0.29, 0.717) is 30.2 Å². The van der Waals surface area contributed by atoms with Crippen molar-refractivity contribution < 1.29 is 4.79 Å². The third-order valence-corrected chi connectivity index (χ3v) is 4.96. The van der Waals surface area contributed by atoms with E-state index in [9.17, 15) is 4.79 Å². The second-order valence-corrected chi connectivity index (χ2v) is 7.19. The molecule has 0 aromatic rings. The summed E-state index contributed by atoms with van der Waals surface area (Å²) in [5, 5.41) is 3.44. The molecular formula is C15H28N2O. The molecule has 2 aliphatic heterocycles. The summed E-state index contributed by atoms with van der Waals surface area (Å²) < 4.78 is 0. The molecule has 0 aromatic heterocycles. The summed E-state index contributed by atoms with van der Waals surface area (Å²) in [6.07, 6.45) is 3.17. The number of piperidine rings is 1. The van der Waals surface area contributed by atoms with E-state index in [4.69, 9.17) is 0 Å². The van der Waals surface area contributed by atoms with Crippen molar-refractivity contribution in [3.8, 4) is 0 Å². The van der Waals surface area contributed by atoms with Crippen LogP contribution < -0.4 is 5.32 Å². The number of carbonyl (C=O) groups excluding carboxylic acids is 1. The molecule has 0 radical (unpaired) electrons. The molecule has 104 valence electrons. The van der Waals surface area contributed by atoms with Gasteiger partial charge >= 0.3 is 0 Å². The number of nitrogens with one attached hydrogen (secondary N) is 1. The predicted octanol–water partition coefficient (Wildman–Crippen LogP) is 2.27. The molecule has 2 heterocycles. The van der Waals surface area contributed by atoms with Gasteiger partial charge < -0.3 is 10.2 Å². The fourth-order valence-corrected chi connectivity index (χ4v) is 3.06. The molecular weight excluding hydrogens is 224 g/mol. The van der Waals surface area contributed by atoms with E-state index in [1.807, 2.05) is 0 Å². The lowest BCUT2D eigenvalue weighted by Gasteiger charge is -2.38. The number of carbonyl (C=O) groups is 1. The van der Waals surface area contributed by atoms with Gasteiger partial charge in [-0.15, -0.1) is 0 Å². The minimum absolute atomic E-state index is 0.221. The van der Waals surface area contributed by atoms with E-state index in [-0.39, 0.29) is 5.41 Å². The Balaban J connectivity index is 1.96. The summed E-state index contributed by atoms with van der Waals surface area (Å²) in [4.78, 5) is 14.7. The molecule has 1 N–H and O–H groups in total. The van der Waals surface area contributed by atoms with Gasteiger partial charge in [-0.1, -0.05) is 27.7 Å². The van der Waals surface area contributed by atoms with Crippen molar-refractivity contribution in [1.29, 1.82) is 0 Å². The molecule has 2 fully saturated rings. The molecule has 0 aromatic carbocycles. The summed E-state index contributed by atoms with van der Waals surface area (Å²) in [6, 6.07) is 0.471. The average Bonchev–Trinajstić information content (AvgIpc) is 2.74. The molecule has 0 spiro atoms. The number of amides is 1. The number of hydrogen-bond donors (Lipinski definition) is 1. The first-order valence-corrected chi connectivity index (χ1v) is 7.40. The molecule has 2 saturated heterocycles. The molecule has 18 heavy (non-hydrogen) atoms. The van der Waals surface area contributed by atoms with Crippen LogP contribution in [0.2, 0.25) is 0 Å². The van der Waals surface area contributed by atoms with Gasteiger partial charge in [0.25, 0.3) is 0 Å². The maximum atomic E-state index is 12.5. The minimum atomic E-state index is 0.221. The molecule has 3 heteroatoms. The molecule has 3 atom stereocenters. The molecule has 3 unspecified atom stereocenters. The summed E-state index contributed by atoms with van der Waals surface area (Å²) in [6.45, 7) is 11.9. The summed E-state index contributed by atoms with van der Waals surface area (Å²) >= 11 is 0. The standard InChI is InChI=1S/C15H28N2O/c1-11(15(2,3)4)8-14(18)17-7-5-6-12-9-16-10-13(12)17/h11-13,16H,5-10H2,1-4H3. The van der Waals surface area contributed by atoms with Gasteiger partial charge in [-0.25, -0.2) is 0 Å². The highest BCUT2D eigenvalue weighted by molar-refractivity contribution is 5.77. The average molecular weight is 252 g/mol. The van der Waals surface area contributed by atoms with Crippen LogP contribution in [0.1, 0.15) is 47.0 Å². The van der Waals surface area contributed by atoms with E-state index < -0.39 is 0 Å². The molecule has 2 rings (SSSR count). The lowest BCUT2D eigenvalue weighted by Crippen LogP contribution is -2.49. The third kappa shape index (κ3) is 2.87. The first kappa shape index (κ1) is 13.9. The zero-order valence-corrected chi connectivity index (χ0v) is 12.3. The topological polar surface area (TPSA) is 32.3 Å². The van der Waals surface area contributed by atoms with Crippen LogP contribution in [0.4, 0.5) is 0 Å². The molecule has 0 bridgehead atoms. The molecule has 0 saturated carbocycles. The molecule has 0 aliphatic carbocycles. The Morgan fingerprint density at radius 3 is 2.78 bits per heavy atom. The van der Waals surface area contributed by atoms with Gasteiger partial charge in [0.1, 0.15) is 0 Å². The molecule has 1 amide bonds. The smallest absolute Gasteiger partial charge is 0.223 e. The van der Waals surface area contributed by atoms with E-state index in [1.165, 1.54) is 12.8 Å². The fraction of sp³-hybridized carbons (Fsp3) is 0.933. The summed E-state index contributed by atoms with van der Waals surface area (Å²) in [7, 11) is 0. The monoisotopic (exact) mass is 252 g/mol. The highest BCUT2D eigenvalue weighted by Crippen LogP contribution is 2.31.